The van der Waals surface area contributed by atoms with Gasteiger partial charge in [0.2, 0.25) is 0 Å². The third-order valence-corrected chi connectivity index (χ3v) is 2.28. The lowest BCUT2D eigenvalue weighted by molar-refractivity contribution is 0.101. The number of aromatic nitrogens is 3. The molecule has 1 saturated heterocycles. The smallest absolute Gasteiger partial charge is 0.181 e. The standard InChI is InChI=1S/C8H12N4O/c1-6(13)8-5-12(11-10-8)7-2-3-9-4-7/h5,7,9H,2-4H2,1H3. The molecule has 1 aromatic rings. The van der Waals surface area contributed by atoms with Crippen LogP contribution in [0.5, 0.6) is 0 Å². The summed E-state index contributed by atoms with van der Waals surface area (Å²) in [5, 5.41) is 11.0. The van der Waals surface area contributed by atoms with Crippen LogP contribution in [0.1, 0.15) is 29.9 Å². The first-order chi connectivity index (χ1) is 6.27. The molecule has 1 unspecified atom stereocenters. The third-order valence-electron chi connectivity index (χ3n) is 2.28. The molecule has 13 heavy (non-hydrogen) atoms. The predicted molar refractivity (Wildman–Crippen MR) is 46.6 cm³/mol. The van der Waals surface area contributed by atoms with Gasteiger partial charge in [0.1, 0.15) is 5.69 Å². The zero-order chi connectivity index (χ0) is 9.26. The molecule has 1 N–H and O–H groups in total. The Morgan fingerprint density at radius 3 is 3.15 bits per heavy atom. The second-order valence-electron chi connectivity index (χ2n) is 3.29. The molecular weight excluding hydrogens is 168 g/mol. The van der Waals surface area contributed by atoms with Gasteiger partial charge in [-0.2, -0.15) is 0 Å². The second kappa shape index (κ2) is 3.26. The Bertz CT molecular complexity index is 314. The van der Waals surface area contributed by atoms with Crippen LogP contribution in [0.15, 0.2) is 6.20 Å². The minimum absolute atomic E-state index is 0.0304. The molecule has 0 radical (unpaired) electrons. The van der Waals surface area contributed by atoms with Gasteiger partial charge in [-0.3, -0.25) is 4.79 Å². The van der Waals surface area contributed by atoms with Crippen molar-refractivity contribution in [3.63, 3.8) is 0 Å². The van der Waals surface area contributed by atoms with Crippen LogP contribution < -0.4 is 5.32 Å². The minimum Gasteiger partial charge on any atom is -0.315 e. The quantitative estimate of drug-likeness (QED) is 0.651. The zero-order valence-electron chi connectivity index (χ0n) is 7.53. The molecule has 0 amide bonds. The normalized spacial score (nSPS) is 22.1. The number of nitrogens with zero attached hydrogens (tertiary/aromatic N) is 3. The predicted octanol–water partition coefficient (Wildman–Crippen LogP) is 0.0151. The SMILES string of the molecule is CC(=O)c1cn(C2CCNC2)nn1. The van der Waals surface area contributed by atoms with E-state index in [1.807, 2.05) is 0 Å². The first kappa shape index (κ1) is 8.37. The van der Waals surface area contributed by atoms with E-state index in [2.05, 4.69) is 15.6 Å². The van der Waals surface area contributed by atoms with E-state index in [0.29, 0.717) is 11.7 Å². The molecular formula is C8H12N4O. The Morgan fingerprint density at radius 1 is 1.77 bits per heavy atom. The lowest BCUT2D eigenvalue weighted by atomic mass is 10.2. The minimum atomic E-state index is -0.0304. The van der Waals surface area contributed by atoms with Gasteiger partial charge in [0, 0.05) is 13.5 Å². The molecule has 1 fully saturated rings. The zero-order valence-corrected chi connectivity index (χ0v) is 7.53. The first-order valence-corrected chi connectivity index (χ1v) is 4.41. The molecule has 0 aromatic carbocycles. The molecule has 0 spiro atoms. The van der Waals surface area contributed by atoms with Gasteiger partial charge in [0.25, 0.3) is 0 Å². The van der Waals surface area contributed by atoms with E-state index in [9.17, 15) is 4.79 Å². The summed E-state index contributed by atoms with van der Waals surface area (Å²) in [7, 11) is 0. The Hall–Kier alpha value is -1.23. The monoisotopic (exact) mass is 180 g/mol. The number of carbonyl (C=O) groups excluding carboxylic acids is 1. The van der Waals surface area contributed by atoms with Gasteiger partial charge < -0.3 is 5.32 Å². The summed E-state index contributed by atoms with van der Waals surface area (Å²) in [4.78, 5) is 10.9. The van der Waals surface area contributed by atoms with E-state index in [0.717, 1.165) is 19.5 Å². The number of hydrogen-bond acceptors (Lipinski definition) is 4. The molecule has 0 bridgehead atoms. The van der Waals surface area contributed by atoms with Crippen molar-refractivity contribution in [3.8, 4) is 0 Å². The van der Waals surface area contributed by atoms with Gasteiger partial charge in [-0.1, -0.05) is 5.21 Å². The summed E-state index contributed by atoms with van der Waals surface area (Å²) < 4.78 is 1.77. The van der Waals surface area contributed by atoms with Crippen LogP contribution in [0, 0.1) is 0 Å². The molecule has 0 saturated carbocycles. The molecule has 0 aliphatic carbocycles. The van der Waals surface area contributed by atoms with Gasteiger partial charge in [0.05, 0.1) is 12.2 Å². The largest absolute Gasteiger partial charge is 0.315 e. The van der Waals surface area contributed by atoms with Crippen molar-refractivity contribution < 1.29 is 4.79 Å². The van der Waals surface area contributed by atoms with E-state index in [4.69, 9.17) is 0 Å². The number of Topliss-reactive ketones (excluding diaryl/α,β-unsaturated/α-hetero) is 1. The van der Waals surface area contributed by atoms with E-state index < -0.39 is 0 Å². The van der Waals surface area contributed by atoms with Crippen molar-refractivity contribution >= 4 is 5.78 Å². The van der Waals surface area contributed by atoms with Gasteiger partial charge >= 0.3 is 0 Å². The lowest BCUT2D eigenvalue weighted by Gasteiger charge is -2.05. The van der Waals surface area contributed by atoms with Crippen molar-refractivity contribution in [2.45, 2.75) is 19.4 Å². The molecule has 5 heteroatoms. The summed E-state index contributed by atoms with van der Waals surface area (Å²) in [6, 6.07) is 0.362. The van der Waals surface area contributed by atoms with Crippen molar-refractivity contribution in [2.24, 2.45) is 0 Å². The Balaban J connectivity index is 2.16. The molecule has 1 aliphatic heterocycles. The van der Waals surface area contributed by atoms with Gasteiger partial charge in [0.15, 0.2) is 5.78 Å². The fourth-order valence-electron chi connectivity index (χ4n) is 1.48. The molecule has 1 aromatic heterocycles. The third kappa shape index (κ3) is 1.60. The van der Waals surface area contributed by atoms with Gasteiger partial charge in [-0.25, -0.2) is 4.68 Å². The summed E-state index contributed by atoms with van der Waals surface area (Å²) in [6.45, 7) is 3.43. The number of nitrogens with one attached hydrogen (secondary N) is 1. The van der Waals surface area contributed by atoms with Crippen LogP contribution >= 0.6 is 0 Å². The molecule has 5 nitrogen and oxygen atoms in total. The molecule has 70 valence electrons. The fourth-order valence-corrected chi connectivity index (χ4v) is 1.48. The average Bonchev–Trinajstić information content (AvgIpc) is 2.75. The number of hydrogen-bond donors (Lipinski definition) is 1. The van der Waals surface area contributed by atoms with E-state index in [1.54, 1.807) is 10.9 Å². The number of ketones is 1. The Morgan fingerprint density at radius 2 is 2.62 bits per heavy atom. The first-order valence-electron chi connectivity index (χ1n) is 4.41. The van der Waals surface area contributed by atoms with Crippen LogP contribution in [-0.2, 0) is 0 Å². The fraction of sp³-hybridized carbons (Fsp3) is 0.625. The van der Waals surface area contributed by atoms with Crippen molar-refractivity contribution in [3.05, 3.63) is 11.9 Å². The highest BCUT2D eigenvalue weighted by molar-refractivity contribution is 5.91. The Labute approximate surface area is 76.1 Å². The Kier molecular flexibility index (Phi) is 2.10. The summed E-state index contributed by atoms with van der Waals surface area (Å²) in [6.07, 6.45) is 2.78. The highest BCUT2D eigenvalue weighted by atomic mass is 16.1. The van der Waals surface area contributed by atoms with Crippen molar-refractivity contribution in [2.75, 3.05) is 13.1 Å². The maximum absolute atomic E-state index is 10.9. The summed E-state index contributed by atoms with van der Waals surface area (Å²) in [5.41, 5.74) is 0.451. The van der Waals surface area contributed by atoms with Crippen LogP contribution in [0.4, 0.5) is 0 Å². The van der Waals surface area contributed by atoms with Crippen LogP contribution in [0.2, 0.25) is 0 Å². The van der Waals surface area contributed by atoms with Crippen molar-refractivity contribution in [1.29, 1.82) is 0 Å². The average molecular weight is 180 g/mol. The number of carbonyl (C=O) groups is 1. The topological polar surface area (TPSA) is 59.8 Å². The van der Waals surface area contributed by atoms with E-state index in [1.165, 1.54) is 6.92 Å². The van der Waals surface area contributed by atoms with Gasteiger partial charge in [-0.05, 0) is 13.0 Å². The van der Waals surface area contributed by atoms with Gasteiger partial charge in [-0.15, -0.1) is 5.10 Å². The highest BCUT2D eigenvalue weighted by Gasteiger charge is 2.18. The van der Waals surface area contributed by atoms with Crippen LogP contribution in [-0.4, -0.2) is 33.9 Å². The van der Waals surface area contributed by atoms with E-state index in [-0.39, 0.29) is 5.78 Å². The maximum atomic E-state index is 10.9. The van der Waals surface area contributed by atoms with Crippen LogP contribution in [0.3, 0.4) is 0 Å². The number of rotatable bonds is 2. The summed E-state index contributed by atoms with van der Waals surface area (Å²) >= 11 is 0. The summed E-state index contributed by atoms with van der Waals surface area (Å²) in [5.74, 6) is -0.0304. The maximum Gasteiger partial charge on any atom is 0.181 e. The van der Waals surface area contributed by atoms with Crippen molar-refractivity contribution in [1.82, 2.24) is 20.3 Å². The highest BCUT2D eigenvalue weighted by Crippen LogP contribution is 2.13. The molecule has 2 heterocycles. The molecule has 1 atom stereocenters. The van der Waals surface area contributed by atoms with Crippen LogP contribution in [0.25, 0.3) is 0 Å². The second-order valence-corrected chi connectivity index (χ2v) is 3.29. The molecule has 2 rings (SSSR count). The molecule has 1 aliphatic rings. The lowest BCUT2D eigenvalue weighted by Crippen LogP contribution is -2.13. The van der Waals surface area contributed by atoms with E-state index >= 15 is 0 Å².